The summed E-state index contributed by atoms with van der Waals surface area (Å²) in [5.74, 6) is 1.42. The number of rotatable bonds is 10. The number of sulfonamides is 1. The van der Waals surface area contributed by atoms with Crippen LogP contribution >= 0.6 is 0 Å². The number of likely N-dealkylation sites (N-methyl/N-ethyl adjacent to an activating group) is 1. The molecule has 0 saturated heterocycles. The van der Waals surface area contributed by atoms with Crippen molar-refractivity contribution in [3.63, 3.8) is 0 Å². The summed E-state index contributed by atoms with van der Waals surface area (Å²) in [4.78, 5) is 17.6. The van der Waals surface area contributed by atoms with Crippen LogP contribution in [0.5, 0.6) is 11.5 Å². The lowest BCUT2D eigenvalue weighted by atomic mass is 9.99. The first kappa shape index (κ1) is 27.2. The molecule has 10 heteroatoms. The lowest BCUT2D eigenvalue weighted by Crippen LogP contribution is -2.50. The molecule has 0 bridgehead atoms. The lowest BCUT2D eigenvalue weighted by molar-refractivity contribution is 0.0344. The van der Waals surface area contributed by atoms with Crippen LogP contribution in [0.2, 0.25) is 0 Å². The van der Waals surface area contributed by atoms with Gasteiger partial charge in [0.05, 0.1) is 30.2 Å². The summed E-state index contributed by atoms with van der Waals surface area (Å²) in [7, 11) is -0.294. The van der Waals surface area contributed by atoms with E-state index in [0.29, 0.717) is 24.6 Å². The van der Waals surface area contributed by atoms with Gasteiger partial charge in [0.15, 0.2) is 0 Å². The van der Waals surface area contributed by atoms with E-state index in [1.807, 2.05) is 0 Å². The van der Waals surface area contributed by atoms with E-state index >= 15 is 0 Å². The van der Waals surface area contributed by atoms with Crippen molar-refractivity contribution in [2.75, 3.05) is 45.1 Å². The number of nitrogens with zero attached hydrogens (tertiary/aromatic N) is 2. The van der Waals surface area contributed by atoms with Gasteiger partial charge in [0, 0.05) is 31.2 Å². The van der Waals surface area contributed by atoms with E-state index < -0.39 is 16.1 Å². The number of hydrogen-bond acceptors (Lipinski definition) is 7. The molecule has 2 aliphatic rings. The first-order valence-electron chi connectivity index (χ1n) is 12.7. The predicted molar refractivity (Wildman–Crippen MR) is 142 cm³/mol. The summed E-state index contributed by atoms with van der Waals surface area (Å²) in [5, 5.41) is 9.86. The van der Waals surface area contributed by atoms with Gasteiger partial charge in [-0.15, -0.1) is 0 Å². The van der Waals surface area contributed by atoms with Crippen LogP contribution in [0.25, 0.3) is 0 Å². The number of aliphatic hydroxyl groups is 1. The van der Waals surface area contributed by atoms with Crippen molar-refractivity contribution in [3.05, 3.63) is 48.0 Å². The van der Waals surface area contributed by atoms with E-state index in [1.165, 1.54) is 38.2 Å². The van der Waals surface area contributed by atoms with Crippen molar-refractivity contribution >= 4 is 21.6 Å². The molecule has 0 aromatic heterocycles. The quantitative estimate of drug-likeness (QED) is 0.485. The van der Waals surface area contributed by atoms with Gasteiger partial charge in [-0.3, -0.25) is 9.52 Å². The largest absolute Gasteiger partial charge is 0.497 e. The topological polar surface area (TPSA) is 108 Å². The molecule has 3 atom stereocenters. The van der Waals surface area contributed by atoms with Crippen LogP contribution in [0.1, 0.15) is 37.0 Å². The van der Waals surface area contributed by atoms with E-state index in [9.17, 15) is 18.3 Å². The Morgan fingerprint density at radius 2 is 1.89 bits per heavy atom. The minimum Gasteiger partial charge on any atom is -0.497 e. The fourth-order valence-electron chi connectivity index (χ4n) is 4.60. The lowest BCUT2D eigenvalue weighted by Gasteiger charge is -2.38. The normalized spacial score (nSPS) is 21.0. The van der Waals surface area contributed by atoms with Crippen LogP contribution in [-0.4, -0.2) is 81.8 Å². The van der Waals surface area contributed by atoms with Crippen molar-refractivity contribution in [1.29, 1.82) is 0 Å². The van der Waals surface area contributed by atoms with Gasteiger partial charge in [-0.2, -0.15) is 0 Å². The highest BCUT2D eigenvalue weighted by molar-refractivity contribution is 7.92. The van der Waals surface area contributed by atoms with Gasteiger partial charge < -0.3 is 24.4 Å². The van der Waals surface area contributed by atoms with E-state index in [0.717, 1.165) is 12.5 Å². The van der Waals surface area contributed by atoms with E-state index in [4.69, 9.17) is 9.47 Å². The zero-order valence-corrected chi connectivity index (χ0v) is 22.7. The maximum atomic E-state index is 13.6. The third-order valence-corrected chi connectivity index (χ3v) is 8.44. The Kier molecular flexibility index (Phi) is 8.30. The Balaban J connectivity index is 1.63. The number of methoxy groups -OCH3 is 1. The number of hydrogen-bond donors (Lipinski definition) is 2. The van der Waals surface area contributed by atoms with Crippen LogP contribution < -0.4 is 14.2 Å². The van der Waals surface area contributed by atoms with Crippen LogP contribution in [0.3, 0.4) is 0 Å². The molecule has 37 heavy (non-hydrogen) atoms. The molecule has 1 heterocycles. The van der Waals surface area contributed by atoms with Crippen LogP contribution in [0.15, 0.2) is 47.4 Å². The van der Waals surface area contributed by atoms with Gasteiger partial charge >= 0.3 is 0 Å². The van der Waals surface area contributed by atoms with Crippen molar-refractivity contribution in [2.24, 2.45) is 11.8 Å². The zero-order chi connectivity index (χ0) is 26.7. The average Bonchev–Trinajstić information content (AvgIpc) is 3.69. The highest BCUT2D eigenvalue weighted by Crippen LogP contribution is 2.33. The summed E-state index contributed by atoms with van der Waals surface area (Å²) in [5.41, 5.74) is 0.510. The molecular formula is C27H37N3O6S. The number of carbonyl (C=O) groups is 1. The van der Waals surface area contributed by atoms with Gasteiger partial charge in [-0.05, 0) is 75.2 Å². The molecular weight excluding hydrogens is 494 g/mol. The molecule has 4 rings (SSSR count). The summed E-state index contributed by atoms with van der Waals surface area (Å²) >= 11 is 0. The number of carbonyl (C=O) groups excluding carboxylic acids is 1. The minimum absolute atomic E-state index is 0.0287. The second-order valence-corrected chi connectivity index (χ2v) is 12.0. The Morgan fingerprint density at radius 3 is 2.51 bits per heavy atom. The number of benzene rings is 2. The number of aliphatic hydroxyl groups excluding tert-OH is 1. The van der Waals surface area contributed by atoms with E-state index in [-0.39, 0.29) is 40.7 Å². The Labute approximate surface area is 219 Å². The first-order valence-corrected chi connectivity index (χ1v) is 14.2. The summed E-state index contributed by atoms with van der Waals surface area (Å²) in [6.07, 6.45) is 2.35. The molecule has 2 aromatic rings. The standard InChI is InChI=1S/C27H37N3O6S/c1-18-14-30(19(2)17-31)27(32)24-13-21(28-37(33,34)23-10-8-22(35-4)9-11-23)7-12-25(24)36-26(18)16-29(3)15-20-5-6-20/h7-13,18-20,26,28,31H,5-6,14-17H2,1-4H3/t18-,19-,26+/m1/s1. The number of ether oxygens (including phenoxy) is 2. The fourth-order valence-corrected chi connectivity index (χ4v) is 5.65. The fraction of sp³-hybridized carbons (Fsp3) is 0.519. The Morgan fingerprint density at radius 1 is 1.19 bits per heavy atom. The number of fused-ring (bicyclic) bond motifs is 1. The summed E-state index contributed by atoms with van der Waals surface area (Å²) < 4.78 is 40.0. The molecule has 1 aliphatic carbocycles. The summed E-state index contributed by atoms with van der Waals surface area (Å²) in [6, 6.07) is 10.4. The van der Waals surface area contributed by atoms with Gasteiger partial charge in [-0.25, -0.2) is 8.42 Å². The van der Waals surface area contributed by atoms with Gasteiger partial charge in [0.25, 0.3) is 15.9 Å². The number of amides is 1. The van der Waals surface area contributed by atoms with E-state index in [1.54, 1.807) is 36.1 Å². The minimum atomic E-state index is -3.89. The third-order valence-electron chi connectivity index (χ3n) is 7.05. The molecule has 202 valence electrons. The van der Waals surface area contributed by atoms with E-state index in [2.05, 4.69) is 23.6 Å². The second kappa shape index (κ2) is 11.3. The maximum absolute atomic E-state index is 13.6. The highest BCUT2D eigenvalue weighted by Gasteiger charge is 2.34. The molecule has 1 amide bonds. The third kappa shape index (κ3) is 6.55. The predicted octanol–water partition coefficient (Wildman–Crippen LogP) is 3.06. The molecule has 2 aromatic carbocycles. The zero-order valence-electron chi connectivity index (χ0n) is 21.9. The van der Waals surface area contributed by atoms with Crippen LogP contribution in [0.4, 0.5) is 5.69 Å². The second-order valence-electron chi connectivity index (χ2n) is 10.3. The molecule has 1 aliphatic heterocycles. The Bertz CT molecular complexity index is 1200. The first-order chi connectivity index (χ1) is 17.6. The van der Waals surface area contributed by atoms with Crippen molar-refractivity contribution in [3.8, 4) is 11.5 Å². The van der Waals surface area contributed by atoms with Gasteiger partial charge in [0.1, 0.15) is 17.6 Å². The molecule has 0 radical (unpaired) electrons. The average molecular weight is 532 g/mol. The maximum Gasteiger partial charge on any atom is 0.261 e. The highest BCUT2D eigenvalue weighted by atomic mass is 32.2. The summed E-state index contributed by atoms with van der Waals surface area (Å²) in [6.45, 7) is 5.83. The molecule has 1 saturated carbocycles. The van der Waals surface area contributed by atoms with Crippen molar-refractivity contribution in [2.45, 2.75) is 43.7 Å². The molecule has 0 spiro atoms. The Hall–Kier alpha value is -2.82. The van der Waals surface area contributed by atoms with Crippen molar-refractivity contribution < 1.29 is 27.8 Å². The van der Waals surface area contributed by atoms with Crippen molar-refractivity contribution in [1.82, 2.24) is 9.80 Å². The van der Waals surface area contributed by atoms with Crippen LogP contribution in [0, 0.1) is 11.8 Å². The molecule has 0 unspecified atom stereocenters. The van der Waals surface area contributed by atoms with Gasteiger partial charge in [-0.1, -0.05) is 6.92 Å². The smallest absolute Gasteiger partial charge is 0.261 e. The molecule has 2 N–H and O–H groups in total. The number of nitrogens with one attached hydrogen (secondary N) is 1. The molecule has 9 nitrogen and oxygen atoms in total. The SMILES string of the molecule is COc1ccc(S(=O)(=O)Nc2ccc3c(c2)C(=O)N([C@H](C)CO)C[C@@H](C)[C@H](CN(C)CC2CC2)O3)cc1. The monoisotopic (exact) mass is 531 g/mol. The van der Waals surface area contributed by atoms with Gasteiger partial charge in [0.2, 0.25) is 0 Å². The molecule has 1 fully saturated rings. The van der Waals surface area contributed by atoms with Crippen LogP contribution in [-0.2, 0) is 10.0 Å². The number of anilines is 1.